The molecule has 5 heteroatoms. The zero-order valence-electron chi connectivity index (χ0n) is 13.2. The van der Waals surface area contributed by atoms with E-state index in [0.717, 1.165) is 43.2 Å². The number of ether oxygens (including phenoxy) is 3. The fourth-order valence-corrected chi connectivity index (χ4v) is 2.84. The van der Waals surface area contributed by atoms with Gasteiger partial charge in [-0.2, -0.15) is 0 Å². The summed E-state index contributed by atoms with van der Waals surface area (Å²) >= 11 is 0. The fourth-order valence-electron chi connectivity index (χ4n) is 2.84. The standard InChI is InChI=1S/C16H26N2O3/c1-4-12-11-18(7-8-21-12)15(10-17)14-9-13(19-2)5-6-16(14)20-3/h5-6,9,12,15H,4,7-8,10-11,17H2,1-3H3. The highest BCUT2D eigenvalue weighted by Gasteiger charge is 2.28. The Hall–Kier alpha value is -1.30. The predicted molar refractivity (Wildman–Crippen MR) is 82.9 cm³/mol. The van der Waals surface area contributed by atoms with E-state index in [9.17, 15) is 0 Å². The van der Waals surface area contributed by atoms with Crippen molar-refractivity contribution in [1.82, 2.24) is 4.90 Å². The van der Waals surface area contributed by atoms with E-state index in [1.54, 1.807) is 14.2 Å². The molecule has 2 N–H and O–H groups in total. The van der Waals surface area contributed by atoms with E-state index in [2.05, 4.69) is 11.8 Å². The Labute approximate surface area is 127 Å². The summed E-state index contributed by atoms with van der Waals surface area (Å²) in [4.78, 5) is 2.38. The van der Waals surface area contributed by atoms with E-state index in [4.69, 9.17) is 19.9 Å². The van der Waals surface area contributed by atoms with Crippen molar-refractivity contribution < 1.29 is 14.2 Å². The molecule has 1 aliphatic heterocycles. The van der Waals surface area contributed by atoms with Gasteiger partial charge in [-0.05, 0) is 24.6 Å². The van der Waals surface area contributed by atoms with Crippen molar-refractivity contribution in [3.63, 3.8) is 0 Å². The number of benzene rings is 1. The summed E-state index contributed by atoms with van der Waals surface area (Å²) in [6, 6.07) is 5.99. The maximum Gasteiger partial charge on any atom is 0.123 e. The number of nitrogens with two attached hydrogens (primary N) is 1. The summed E-state index contributed by atoms with van der Waals surface area (Å²) in [5, 5.41) is 0. The summed E-state index contributed by atoms with van der Waals surface area (Å²) in [5.41, 5.74) is 7.14. The summed E-state index contributed by atoms with van der Waals surface area (Å²) in [7, 11) is 3.36. The lowest BCUT2D eigenvalue weighted by molar-refractivity contribution is -0.0439. The van der Waals surface area contributed by atoms with Gasteiger partial charge in [-0.15, -0.1) is 0 Å². The van der Waals surface area contributed by atoms with Crippen molar-refractivity contribution in [3.8, 4) is 11.5 Å². The van der Waals surface area contributed by atoms with Crippen LogP contribution in [0.15, 0.2) is 18.2 Å². The van der Waals surface area contributed by atoms with Crippen molar-refractivity contribution in [2.24, 2.45) is 5.73 Å². The molecule has 0 spiro atoms. The average Bonchev–Trinajstić information content (AvgIpc) is 2.55. The van der Waals surface area contributed by atoms with Crippen LogP contribution in [0.5, 0.6) is 11.5 Å². The van der Waals surface area contributed by atoms with Crippen LogP contribution in [-0.2, 0) is 4.74 Å². The molecule has 0 aliphatic carbocycles. The highest BCUT2D eigenvalue weighted by atomic mass is 16.5. The van der Waals surface area contributed by atoms with Gasteiger partial charge < -0.3 is 19.9 Å². The van der Waals surface area contributed by atoms with E-state index in [-0.39, 0.29) is 12.1 Å². The first kappa shape index (κ1) is 16.1. The summed E-state index contributed by atoms with van der Waals surface area (Å²) in [5.74, 6) is 1.68. The SMILES string of the molecule is CCC1CN(C(CN)c2cc(OC)ccc2OC)CCO1. The minimum Gasteiger partial charge on any atom is -0.497 e. The van der Waals surface area contributed by atoms with Gasteiger partial charge in [0.2, 0.25) is 0 Å². The van der Waals surface area contributed by atoms with Crippen molar-refractivity contribution in [2.75, 3.05) is 40.5 Å². The molecular formula is C16H26N2O3. The van der Waals surface area contributed by atoms with E-state index in [0.29, 0.717) is 6.54 Å². The first-order valence-corrected chi connectivity index (χ1v) is 7.51. The molecule has 0 bridgehead atoms. The summed E-state index contributed by atoms with van der Waals surface area (Å²) < 4.78 is 16.6. The van der Waals surface area contributed by atoms with Crippen LogP contribution in [0.4, 0.5) is 0 Å². The van der Waals surface area contributed by atoms with Gasteiger partial charge in [-0.1, -0.05) is 6.92 Å². The molecule has 1 aromatic rings. The number of nitrogens with zero attached hydrogens (tertiary/aromatic N) is 1. The summed E-state index contributed by atoms with van der Waals surface area (Å²) in [6.45, 7) is 5.23. The molecule has 2 rings (SSSR count). The van der Waals surface area contributed by atoms with E-state index in [1.807, 2.05) is 18.2 Å². The molecule has 2 atom stereocenters. The Balaban J connectivity index is 2.27. The minimum absolute atomic E-state index is 0.119. The van der Waals surface area contributed by atoms with Gasteiger partial charge >= 0.3 is 0 Å². The highest BCUT2D eigenvalue weighted by molar-refractivity contribution is 5.42. The second kappa shape index (κ2) is 7.64. The van der Waals surface area contributed by atoms with Crippen LogP contribution < -0.4 is 15.2 Å². The molecule has 1 saturated heterocycles. The molecular weight excluding hydrogens is 268 g/mol. The van der Waals surface area contributed by atoms with E-state index >= 15 is 0 Å². The number of methoxy groups -OCH3 is 2. The average molecular weight is 294 g/mol. The normalized spacial score (nSPS) is 21.0. The molecule has 118 valence electrons. The molecule has 0 saturated carbocycles. The van der Waals surface area contributed by atoms with Gasteiger partial charge in [0.15, 0.2) is 0 Å². The Bertz CT molecular complexity index is 453. The largest absolute Gasteiger partial charge is 0.497 e. The topological polar surface area (TPSA) is 57.0 Å². The fraction of sp³-hybridized carbons (Fsp3) is 0.625. The molecule has 2 unspecified atom stereocenters. The van der Waals surface area contributed by atoms with Gasteiger partial charge in [-0.25, -0.2) is 0 Å². The predicted octanol–water partition coefficient (Wildman–Crippen LogP) is 1.81. The van der Waals surface area contributed by atoms with Crippen molar-refractivity contribution in [1.29, 1.82) is 0 Å². The zero-order chi connectivity index (χ0) is 15.2. The second-order valence-corrected chi connectivity index (χ2v) is 5.26. The van der Waals surface area contributed by atoms with Crippen LogP contribution in [0.25, 0.3) is 0 Å². The van der Waals surface area contributed by atoms with Crippen LogP contribution in [-0.4, -0.2) is 51.5 Å². The lowest BCUT2D eigenvalue weighted by atomic mass is 10.0. The van der Waals surface area contributed by atoms with Gasteiger partial charge in [0.05, 0.1) is 33.0 Å². The number of rotatable bonds is 6. The molecule has 1 aliphatic rings. The van der Waals surface area contributed by atoms with Crippen LogP contribution in [0.1, 0.15) is 24.9 Å². The van der Waals surface area contributed by atoms with Crippen LogP contribution in [0.2, 0.25) is 0 Å². The Morgan fingerprint density at radius 1 is 1.38 bits per heavy atom. The van der Waals surface area contributed by atoms with Gasteiger partial charge in [0, 0.05) is 25.2 Å². The number of hydrogen-bond acceptors (Lipinski definition) is 5. The molecule has 1 fully saturated rings. The van der Waals surface area contributed by atoms with Crippen molar-refractivity contribution >= 4 is 0 Å². The monoisotopic (exact) mass is 294 g/mol. The first-order valence-electron chi connectivity index (χ1n) is 7.51. The van der Waals surface area contributed by atoms with Crippen molar-refractivity contribution in [3.05, 3.63) is 23.8 Å². The minimum atomic E-state index is 0.119. The van der Waals surface area contributed by atoms with E-state index < -0.39 is 0 Å². The van der Waals surface area contributed by atoms with Crippen LogP contribution in [0.3, 0.4) is 0 Å². The zero-order valence-corrected chi connectivity index (χ0v) is 13.2. The maximum absolute atomic E-state index is 6.06. The first-order chi connectivity index (χ1) is 10.2. The second-order valence-electron chi connectivity index (χ2n) is 5.26. The number of morpholine rings is 1. The summed E-state index contributed by atoms with van der Waals surface area (Å²) in [6.07, 6.45) is 1.30. The quantitative estimate of drug-likeness (QED) is 0.867. The highest BCUT2D eigenvalue weighted by Crippen LogP contribution is 2.33. The van der Waals surface area contributed by atoms with Crippen molar-refractivity contribution in [2.45, 2.75) is 25.5 Å². The molecule has 0 radical (unpaired) electrons. The third-order valence-corrected chi connectivity index (χ3v) is 4.09. The van der Waals surface area contributed by atoms with Gasteiger partial charge in [-0.3, -0.25) is 4.90 Å². The third kappa shape index (κ3) is 3.67. The Morgan fingerprint density at radius 3 is 2.81 bits per heavy atom. The smallest absolute Gasteiger partial charge is 0.123 e. The molecule has 5 nitrogen and oxygen atoms in total. The third-order valence-electron chi connectivity index (χ3n) is 4.09. The van der Waals surface area contributed by atoms with Gasteiger partial charge in [0.1, 0.15) is 11.5 Å². The molecule has 0 amide bonds. The van der Waals surface area contributed by atoms with Crippen LogP contribution in [0, 0.1) is 0 Å². The van der Waals surface area contributed by atoms with E-state index in [1.165, 1.54) is 0 Å². The molecule has 1 heterocycles. The molecule has 1 aromatic carbocycles. The Kier molecular flexibility index (Phi) is 5.85. The number of hydrogen-bond donors (Lipinski definition) is 1. The van der Waals surface area contributed by atoms with Crippen LogP contribution >= 0.6 is 0 Å². The lowest BCUT2D eigenvalue weighted by Gasteiger charge is -2.38. The maximum atomic E-state index is 6.06. The Morgan fingerprint density at radius 2 is 2.19 bits per heavy atom. The molecule has 21 heavy (non-hydrogen) atoms. The molecule has 0 aromatic heterocycles. The lowest BCUT2D eigenvalue weighted by Crippen LogP contribution is -2.46. The van der Waals surface area contributed by atoms with Gasteiger partial charge in [0.25, 0.3) is 0 Å².